The number of amidine groups is 1. The fourth-order valence-corrected chi connectivity index (χ4v) is 5.93. The van der Waals surface area contributed by atoms with E-state index in [4.69, 9.17) is 0 Å². The number of aliphatic imine (C=N–C) groups is 1. The molecule has 0 unspecified atom stereocenters. The number of benzene rings is 4. The lowest BCUT2D eigenvalue weighted by atomic mass is 10.1. The zero-order valence-corrected chi connectivity index (χ0v) is 23.5. The quantitative estimate of drug-likeness (QED) is 0.212. The summed E-state index contributed by atoms with van der Waals surface area (Å²) in [6, 6.07) is 29.6. The van der Waals surface area contributed by atoms with Gasteiger partial charge in [0.25, 0.3) is 5.91 Å². The van der Waals surface area contributed by atoms with Crippen LogP contribution in [0, 0.1) is 0 Å². The molecule has 208 valence electrons. The zero-order chi connectivity index (χ0) is 29.2. The summed E-state index contributed by atoms with van der Waals surface area (Å²) in [7, 11) is 0. The minimum atomic E-state index is -1.08. The Morgan fingerprint density at radius 1 is 0.905 bits per heavy atom. The van der Waals surface area contributed by atoms with Crippen LogP contribution in [0.25, 0.3) is 27.9 Å². The normalized spacial score (nSPS) is 14.1. The number of aromatic nitrogens is 1. The van der Waals surface area contributed by atoms with Crippen molar-refractivity contribution in [2.45, 2.75) is 13.5 Å². The molecule has 0 fully saturated rings. The number of carbonyl (C=O) groups excluding carboxylic acids is 2. The fourth-order valence-electron chi connectivity index (χ4n) is 5.11. The van der Waals surface area contributed by atoms with Crippen LogP contribution in [0.4, 0.5) is 11.4 Å². The molecule has 0 radical (unpaired) electrons. The van der Waals surface area contributed by atoms with Gasteiger partial charge in [-0.3, -0.25) is 14.5 Å². The average Bonchev–Trinajstić information content (AvgIpc) is 3.49. The molecule has 0 spiro atoms. The molecule has 1 aliphatic heterocycles. The maximum atomic E-state index is 13.7. The van der Waals surface area contributed by atoms with Crippen LogP contribution in [-0.2, 0) is 16.1 Å². The van der Waals surface area contributed by atoms with Crippen molar-refractivity contribution in [3.63, 3.8) is 0 Å². The molecular formula is C33H26N4O4S. The van der Waals surface area contributed by atoms with Crippen LogP contribution >= 0.6 is 11.8 Å². The minimum absolute atomic E-state index is 0.0253. The first-order chi connectivity index (χ1) is 20.4. The summed E-state index contributed by atoms with van der Waals surface area (Å²) in [4.78, 5) is 43.8. The molecule has 8 nitrogen and oxygen atoms in total. The number of carboxylic acid groups (broad SMARTS) is 1. The number of aryl methyl sites for hydroxylation is 1. The lowest BCUT2D eigenvalue weighted by Gasteiger charge is -2.17. The van der Waals surface area contributed by atoms with Crippen LogP contribution in [0.1, 0.15) is 22.8 Å². The van der Waals surface area contributed by atoms with Gasteiger partial charge in [-0.1, -0.05) is 60.3 Å². The number of carboxylic acids is 1. The largest absolute Gasteiger partial charge is 0.478 e. The number of para-hydroxylation sites is 2. The highest BCUT2D eigenvalue weighted by Gasteiger charge is 2.32. The monoisotopic (exact) mass is 574 g/mol. The molecule has 4 aromatic carbocycles. The third kappa shape index (κ3) is 5.17. The van der Waals surface area contributed by atoms with E-state index in [0.717, 1.165) is 45.7 Å². The van der Waals surface area contributed by atoms with Crippen molar-refractivity contribution in [2.24, 2.45) is 4.99 Å². The summed E-state index contributed by atoms with van der Waals surface area (Å²) < 4.78 is 2.27. The summed E-state index contributed by atoms with van der Waals surface area (Å²) in [5.41, 5.74) is 4.52. The second-order valence-electron chi connectivity index (χ2n) is 9.66. The van der Waals surface area contributed by atoms with E-state index in [0.29, 0.717) is 16.5 Å². The van der Waals surface area contributed by atoms with Crippen LogP contribution in [0.15, 0.2) is 108 Å². The first-order valence-corrected chi connectivity index (χ1v) is 14.4. The van der Waals surface area contributed by atoms with Crippen molar-refractivity contribution >= 4 is 74.0 Å². The summed E-state index contributed by atoms with van der Waals surface area (Å²) in [6.45, 7) is 2.97. The molecule has 0 bridgehead atoms. The van der Waals surface area contributed by atoms with Gasteiger partial charge in [-0.25, -0.2) is 9.79 Å². The summed E-state index contributed by atoms with van der Waals surface area (Å²) >= 11 is 1.14. The smallest absolute Gasteiger partial charge is 0.335 e. The summed E-state index contributed by atoms with van der Waals surface area (Å²) in [5.74, 6) is -1.73. The van der Waals surface area contributed by atoms with Gasteiger partial charge < -0.3 is 15.0 Å². The fraction of sp³-hybridized carbons (Fsp3) is 0.0909. The number of hydrogen-bond donors (Lipinski definition) is 2. The maximum Gasteiger partial charge on any atom is 0.335 e. The first-order valence-electron chi connectivity index (χ1n) is 13.4. The van der Waals surface area contributed by atoms with Crippen LogP contribution in [0.5, 0.6) is 0 Å². The van der Waals surface area contributed by atoms with E-state index in [1.807, 2.05) is 48.5 Å². The first kappa shape index (κ1) is 27.0. The number of aromatic carboxylic acids is 1. The topological polar surface area (TPSA) is 104 Å². The maximum absolute atomic E-state index is 13.7. The SMILES string of the molecule is CCn1c2ccccc2c2cc(/C=C3\N=C(SCC(=O)Nc4cccc(C(=O)O)c4)N(c4ccccc4)C3=O)ccc21. The Balaban J connectivity index is 1.30. The lowest BCUT2D eigenvalue weighted by Crippen LogP contribution is -2.31. The summed E-state index contributed by atoms with van der Waals surface area (Å²) in [6.07, 6.45) is 1.78. The van der Waals surface area contributed by atoms with Gasteiger partial charge in [0.1, 0.15) is 5.70 Å². The van der Waals surface area contributed by atoms with Crippen molar-refractivity contribution in [1.29, 1.82) is 0 Å². The number of carbonyl (C=O) groups is 3. The molecule has 0 atom stereocenters. The third-order valence-electron chi connectivity index (χ3n) is 6.99. The van der Waals surface area contributed by atoms with Crippen LogP contribution in [0.2, 0.25) is 0 Å². The molecule has 0 aliphatic carbocycles. The predicted octanol–water partition coefficient (Wildman–Crippen LogP) is 6.63. The molecule has 2 heterocycles. The van der Waals surface area contributed by atoms with Gasteiger partial charge in [0.15, 0.2) is 5.17 Å². The molecule has 9 heteroatoms. The van der Waals surface area contributed by atoms with Crippen molar-refractivity contribution in [2.75, 3.05) is 16.0 Å². The number of nitrogens with one attached hydrogen (secondary N) is 1. The van der Waals surface area contributed by atoms with Gasteiger partial charge in [0, 0.05) is 34.0 Å². The van der Waals surface area contributed by atoms with E-state index in [-0.39, 0.29) is 28.8 Å². The minimum Gasteiger partial charge on any atom is -0.478 e. The highest BCUT2D eigenvalue weighted by Crippen LogP contribution is 2.32. The van der Waals surface area contributed by atoms with Gasteiger partial charge in [0.2, 0.25) is 5.91 Å². The zero-order valence-electron chi connectivity index (χ0n) is 22.7. The standard InChI is InChI=1S/C33H26N4O4S/c1-2-36-28-14-7-6-13-25(28)26-17-21(15-16-29(26)36)18-27-31(39)37(24-11-4-3-5-12-24)33(35-27)42-20-30(38)34-23-10-8-9-22(19-23)32(40)41/h3-19H,2,20H2,1H3,(H,34,38)(H,40,41)/b27-18-. The molecule has 1 aliphatic rings. The van der Waals surface area contributed by atoms with E-state index in [1.165, 1.54) is 17.0 Å². The Morgan fingerprint density at radius 2 is 1.67 bits per heavy atom. The number of nitrogens with zero attached hydrogens (tertiary/aromatic N) is 3. The van der Waals surface area contributed by atoms with Gasteiger partial charge in [-0.05, 0) is 67.1 Å². The molecule has 2 N–H and O–H groups in total. The van der Waals surface area contributed by atoms with Crippen LogP contribution in [0.3, 0.4) is 0 Å². The van der Waals surface area contributed by atoms with Crippen molar-refractivity contribution in [3.8, 4) is 0 Å². The highest BCUT2D eigenvalue weighted by atomic mass is 32.2. The number of amides is 2. The van der Waals surface area contributed by atoms with Crippen molar-refractivity contribution in [1.82, 2.24) is 4.57 Å². The highest BCUT2D eigenvalue weighted by molar-refractivity contribution is 8.14. The van der Waals surface area contributed by atoms with E-state index in [1.54, 1.807) is 18.2 Å². The molecule has 0 saturated carbocycles. The van der Waals surface area contributed by atoms with Gasteiger partial charge >= 0.3 is 5.97 Å². The van der Waals surface area contributed by atoms with Crippen LogP contribution in [-0.4, -0.2) is 38.4 Å². The Kier molecular flexibility index (Phi) is 7.33. The number of thioether (sulfide) groups is 1. The molecule has 0 saturated heterocycles. The van der Waals surface area contributed by atoms with Gasteiger partial charge in [-0.15, -0.1) is 0 Å². The van der Waals surface area contributed by atoms with Crippen molar-refractivity contribution in [3.05, 3.63) is 114 Å². The van der Waals surface area contributed by atoms with E-state index >= 15 is 0 Å². The van der Waals surface area contributed by atoms with Gasteiger partial charge in [0.05, 0.1) is 17.0 Å². The number of rotatable bonds is 7. The second-order valence-corrected chi connectivity index (χ2v) is 10.6. The Morgan fingerprint density at radius 3 is 2.45 bits per heavy atom. The summed E-state index contributed by atoms with van der Waals surface area (Å²) in [5, 5.41) is 14.6. The Hall–Kier alpha value is -5.15. The van der Waals surface area contributed by atoms with E-state index in [9.17, 15) is 19.5 Å². The lowest BCUT2D eigenvalue weighted by molar-refractivity contribution is -0.114. The van der Waals surface area contributed by atoms with E-state index < -0.39 is 5.97 Å². The Labute approximate surface area is 246 Å². The molecule has 6 rings (SSSR count). The van der Waals surface area contributed by atoms with Crippen molar-refractivity contribution < 1.29 is 19.5 Å². The molecule has 2 amide bonds. The number of hydrogen-bond acceptors (Lipinski definition) is 5. The Bertz CT molecular complexity index is 1930. The third-order valence-corrected chi connectivity index (χ3v) is 7.92. The number of anilines is 2. The molecule has 42 heavy (non-hydrogen) atoms. The molecular weight excluding hydrogens is 548 g/mol. The number of fused-ring (bicyclic) bond motifs is 3. The second kappa shape index (κ2) is 11.4. The molecule has 5 aromatic rings. The van der Waals surface area contributed by atoms with Gasteiger partial charge in [-0.2, -0.15) is 0 Å². The predicted molar refractivity (Wildman–Crippen MR) is 169 cm³/mol. The average molecular weight is 575 g/mol. The van der Waals surface area contributed by atoms with E-state index in [2.05, 4.69) is 46.1 Å². The molecule has 1 aromatic heterocycles. The van der Waals surface area contributed by atoms with Crippen LogP contribution < -0.4 is 10.2 Å².